The van der Waals surface area contributed by atoms with Crippen LogP contribution in [0.15, 0.2) is 55.1 Å². The van der Waals surface area contributed by atoms with Crippen molar-refractivity contribution in [1.29, 1.82) is 0 Å². The van der Waals surface area contributed by atoms with Crippen molar-refractivity contribution >= 4 is 51.4 Å². The lowest BCUT2D eigenvalue weighted by Gasteiger charge is -2.07. The van der Waals surface area contributed by atoms with E-state index in [2.05, 4.69) is 25.8 Å². The number of amides is 2. The number of carbonyl (C=O) groups is 1. The summed E-state index contributed by atoms with van der Waals surface area (Å²) in [5, 5.41) is 24.4. The average Bonchev–Trinajstić information content (AvgIpc) is 3.37. The maximum atomic E-state index is 12.2. The number of nitrogens with zero attached hydrogens (tertiary/aromatic N) is 4. The summed E-state index contributed by atoms with van der Waals surface area (Å²) in [6, 6.07) is 9.72. The molecule has 8 nitrogen and oxygen atoms in total. The van der Waals surface area contributed by atoms with Crippen molar-refractivity contribution in [3.63, 3.8) is 0 Å². The normalized spacial score (nSPS) is 10.7. The summed E-state index contributed by atoms with van der Waals surface area (Å²) in [6.45, 7) is 0. The van der Waals surface area contributed by atoms with Gasteiger partial charge in [-0.05, 0) is 36.4 Å². The molecule has 0 unspecified atom stereocenters. The number of hydrogen-bond acceptors (Lipinski definition) is 6. The third-order valence-electron chi connectivity index (χ3n) is 3.83. The third-order valence-corrected chi connectivity index (χ3v) is 5.21. The van der Waals surface area contributed by atoms with Crippen LogP contribution in [0.25, 0.3) is 16.3 Å². The molecule has 4 rings (SSSR count). The highest BCUT2D eigenvalue weighted by Gasteiger charge is 2.16. The second-order valence-corrected chi connectivity index (χ2v) is 7.61. The van der Waals surface area contributed by atoms with Gasteiger partial charge < -0.3 is 15.0 Å². The van der Waals surface area contributed by atoms with Crippen LogP contribution in [-0.2, 0) is 0 Å². The zero-order valence-corrected chi connectivity index (χ0v) is 16.8. The maximum Gasteiger partial charge on any atom is 0.325 e. The van der Waals surface area contributed by atoms with Crippen molar-refractivity contribution in [3.8, 4) is 22.0 Å². The van der Waals surface area contributed by atoms with E-state index in [0.29, 0.717) is 21.3 Å². The number of benzene rings is 2. The Morgan fingerprint density at radius 1 is 1.10 bits per heavy atom. The zero-order valence-electron chi connectivity index (χ0n) is 14.5. The van der Waals surface area contributed by atoms with Crippen LogP contribution < -0.4 is 10.6 Å². The van der Waals surface area contributed by atoms with Crippen molar-refractivity contribution in [2.24, 2.45) is 0 Å². The number of carbonyl (C=O) groups excluding carboxylic acids is 1. The highest BCUT2D eigenvalue weighted by Crippen LogP contribution is 2.39. The minimum absolute atomic E-state index is 0.106. The number of hydrogen-bond donors (Lipinski definition) is 3. The van der Waals surface area contributed by atoms with Gasteiger partial charge in [-0.1, -0.05) is 34.5 Å². The molecule has 0 aliphatic heterocycles. The molecule has 0 saturated heterocycles. The topological polar surface area (TPSA) is 105 Å². The van der Waals surface area contributed by atoms with Gasteiger partial charge in [-0.2, -0.15) is 0 Å². The van der Waals surface area contributed by atoms with E-state index in [-0.39, 0.29) is 15.9 Å². The fourth-order valence-electron chi connectivity index (χ4n) is 2.50. The van der Waals surface area contributed by atoms with Gasteiger partial charge in [-0.15, -0.1) is 10.2 Å². The Labute approximate surface area is 178 Å². The van der Waals surface area contributed by atoms with Gasteiger partial charge in [0.05, 0.1) is 16.9 Å². The lowest BCUT2D eigenvalue weighted by Crippen LogP contribution is -2.19. The molecule has 3 N–H and O–H groups in total. The largest absolute Gasteiger partial charge is 0.506 e. The van der Waals surface area contributed by atoms with Gasteiger partial charge in [-0.3, -0.25) is 5.32 Å². The molecule has 29 heavy (non-hydrogen) atoms. The second-order valence-electron chi connectivity index (χ2n) is 5.79. The van der Waals surface area contributed by atoms with Crippen LogP contribution in [0.3, 0.4) is 0 Å². The first-order chi connectivity index (χ1) is 14.0. The molecular formula is C18H12Cl2N6O2S. The number of imidazole rings is 1. The molecule has 0 spiro atoms. The second kappa shape index (κ2) is 8.08. The monoisotopic (exact) mass is 446 g/mol. The van der Waals surface area contributed by atoms with Crippen molar-refractivity contribution in [1.82, 2.24) is 19.7 Å². The maximum absolute atomic E-state index is 12.2. The molecule has 2 heterocycles. The summed E-state index contributed by atoms with van der Waals surface area (Å²) in [5.74, 6) is -0.152. The Hall–Kier alpha value is -3.14. The van der Waals surface area contributed by atoms with Gasteiger partial charge in [0.1, 0.15) is 5.75 Å². The summed E-state index contributed by atoms with van der Waals surface area (Å²) in [6.07, 6.45) is 5.20. The highest BCUT2D eigenvalue weighted by molar-refractivity contribution is 7.18. The zero-order chi connectivity index (χ0) is 20.4. The molecule has 0 bridgehead atoms. The molecule has 0 aliphatic carbocycles. The Bertz CT molecular complexity index is 1160. The van der Waals surface area contributed by atoms with E-state index in [4.69, 9.17) is 23.2 Å². The average molecular weight is 447 g/mol. The van der Waals surface area contributed by atoms with Crippen LogP contribution in [0.5, 0.6) is 5.75 Å². The number of aromatic nitrogens is 4. The summed E-state index contributed by atoms with van der Waals surface area (Å²) >= 11 is 13.0. The SMILES string of the molecule is O=C(Nc1ccc(-n2ccnc2)cc1)Nc1nnc(-c2cc(Cl)cc(Cl)c2O)s1. The van der Waals surface area contributed by atoms with E-state index in [1.165, 1.54) is 12.1 Å². The molecule has 2 aromatic heterocycles. The van der Waals surface area contributed by atoms with Crippen LogP contribution in [-0.4, -0.2) is 30.9 Å². The van der Waals surface area contributed by atoms with E-state index in [1.807, 2.05) is 22.9 Å². The third kappa shape index (κ3) is 4.32. The minimum atomic E-state index is -0.476. The Balaban J connectivity index is 1.43. The predicted octanol–water partition coefficient (Wildman–Crippen LogP) is 5.05. The number of anilines is 2. The van der Waals surface area contributed by atoms with Crippen molar-refractivity contribution in [2.75, 3.05) is 10.6 Å². The van der Waals surface area contributed by atoms with Crippen LogP contribution in [0.4, 0.5) is 15.6 Å². The van der Waals surface area contributed by atoms with E-state index in [9.17, 15) is 9.90 Å². The Morgan fingerprint density at radius 3 is 2.62 bits per heavy atom. The summed E-state index contributed by atoms with van der Waals surface area (Å²) in [4.78, 5) is 16.2. The number of rotatable bonds is 4. The molecule has 0 saturated carbocycles. The van der Waals surface area contributed by atoms with Gasteiger partial charge in [0, 0.05) is 28.8 Å². The van der Waals surface area contributed by atoms with E-state index >= 15 is 0 Å². The predicted molar refractivity (Wildman–Crippen MR) is 113 cm³/mol. The molecule has 146 valence electrons. The number of aromatic hydroxyl groups is 1. The molecule has 2 aromatic carbocycles. The fourth-order valence-corrected chi connectivity index (χ4v) is 3.75. The van der Waals surface area contributed by atoms with Crippen LogP contribution in [0, 0.1) is 0 Å². The first-order valence-corrected chi connectivity index (χ1v) is 9.75. The molecule has 2 amide bonds. The van der Waals surface area contributed by atoms with Crippen molar-refractivity contribution in [2.45, 2.75) is 0 Å². The van der Waals surface area contributed by atoms with Gasteiger partial charge in [0.15, 0.2) is 5.01 Å². The van der Waals surface area contributed by atoms with E-state index < -0.39 is 6.03 Å². The molecule has 0 radical (unpaired) electrons. The number of phenols is 1. The molecule has 0 aliphatic rings. The number of phenolic OH excluding ortho intramolecular Hbond substituents is 1. The quantitative estimate of drug-likeness (QED) is 0.406. The first-order valence-electron chi connectivity index (χ1n) is 8.18. The smallest absolute Gasteiger partial charge is 0.325 e. The Kier molecular flexibility index (Phi) is 5.34. The lowest BCUT2D eigenvalue weighted by atomic mass is 10.2. The van der Waals surface area contributed by atoms with Crippen LogP contribution >= 0.6 is 34.5 Å². The summed E-state index contributed by atoms with van der Waals surface area (Å²) < 4.78 is 1.85. The standard InChI is InChI=1S/C18H12Cl2N6O2S/c19-10-7-13(15(27)14(20)8-10)16-24-25-18(29-16)23-17(28)22-11-1-3-12(4-2-11)26-6-5-21-9-26/h1-9,27H,(H2,22,23,25,28). The van der Waals surface area contributed by atoms with Gasteiger partial charge in [0.25, 0.3) is 0 Å². The van der Waals surface area contributed by atoms with Crippen LogP contribution in [0.1, 0.15) is 0 Å². The number of nitrogens with one attached hydrogen (secondary N) is 2. The van der Waals surface area contributed by atoms with E-state index in [0.717, 1.165) is 17.0 Å². The number of urea groups is 1. The number of halogens is 2. The minimum Gasteiger partial charge on any atom is -0.506 e. The first kappa shape index (κ1) is 19.2. The van der Waals surface area contributed by atoms with Gasteiger partial charge in [0.2, 0.25) is 5.13 Å². The lowest BCUT2D eigenvalue weighted by molar-refractivity contribution is 0.262. The van der Waals surface area contributed by atoms with Crippen molar-refractivity contribution < 1.29 is 9.90 Å². The van der Waals surface area contributed by atoms with Gasteiger partial charge in [-0.25, -0.2) is 9.78 Å². The summed E-state index contributed by atoms with van der Waals surface area (Å²) in [7, 11) is 0. The van der Waals surface area contributed by atoms with Crippen molar-refractivity contribution in [3.05, 3.63) is 65.2 Å². The molecule has 0 atom stereocenters. The van der Waals surface area contributed by atoms with Gasteiger partial charge >= 0.3 is 6.03 Å². The molecular weight excluding hydrogens is 435 g/mol. The molecule has 4 aromatic rings. The Morgan fingerprint density at radius 2 is 1.90 bits per heavy atom. The molecule has 0 fully saturated rings. The fraction of sp³-hybridized carbons (Fsp3) is 0. The summed E-state index contributed by atoms with van der Waals surface area (Å²) in [5.41, 5.74) is 1.86. The van der Waals surface area contributed by atoms with Crippen LogP contribution in [0.2, 0.25) is 10.0 Å². The highest BCUT2D eigenvalue weighted by atomic mass is 35.5. The molecule has 11 heteroatoms. The van der Waals surface area contributed by atoms with E-state index in [1.54, 1.807) is 24.7 Å².